The summed E-state index contributed by atoms with van der Waals surface area (Å²) in [6.45, 7) is 10.1. The number of nitrogens with one attached hydrogen (secondary N) is 1. The van der Waals surface area contributed by atoms with Gasteiger partial charge in [0.05, 0.1) is 6.21 Å². The van der Waals surface area contributed by atoms with E-state index in [9.17, 15) is 4.79 Å². The van der Waals surface area contributed by atoms with Crippen molar-refractivity contribution < 1.29 is 9.53 Å². The Morgan fingerprint density at radius 2 is 1.79 bits per heavy atom. The Morgan fingerprint density at radius 3 is 2.46 bits per heavy atom. The molecule has 1 amide bonds. The van der Waals surface area contributed by atoms with Gasteiger partial charge in [-0.15, -0.1) is 0 Å². The van der Waals surface area contributed by atoms with Crippen molar-refractivity contribution >= 4 is 22.9 Å². The van der Waals surface area contributed by atoms with Crippen molar-refractivity contribution in [3.63, 3.8) is 0 Å². The van der Waals surface area contributed by atoms with Crippen molar-refractivity contribution in [3.8, 4) is 5.75 Å². The summed E-state index contributed by atoms with van der Waals surface area (Å²) in [7, 11) is 0. The summed E-state index contributed by atoms with van der Waals surface area (Å²) in [6.07, 6.45) is 1.03. The van der Waals surface area contributed by atoms with Gasteiger partial charge in [0.2, 0.25) is 0 Å². The number of hydrogen-bond acceptors (Lipinski definition) is 3. The van der Waals surface area contributed by atoms with Crippen molar-refractivity contribution in [1.82, 2.24) is 9.99 Å². The van der Waals surface area contributed by atoms with Crippen LogP contribution in [0.3, 0.4) is 0 Å². The zero-order valence-electron chi connectivity index (χ0n) is 17.1. The molecule has 1 aromatic heterocycles. The largest absolute Gasteiger partial charge is 0.481 e. The number of aryl methyl sites for hydroxylation is 1. The van der Waals surface area contributed by atoms with Gasteiger partial charge in [-0.25, -0.2) is 5.43 Å². The molecule has 0 aliphatic carbocycles. The zero-order chi connectivity index (χ0) is 20.3. The second-order valence-corrected chi connectivity index (χ2v) is 7.29. The Balaban J connectivity index is 1.62. The van der Waals surface area contributed by atoms with E-state index in [2.05, 4.69) is 48.9 Å². The average molecular weight is 377 g/mol. The van der Waals surface area contributed by atoms with Crippen LogP contribution < -0.4 is 10.2 Å². The van der Waals surface area contributed by atoms with Gasteiger partial charge in [0.25, 0.3) is 5.91 Å². The molecule has 1 N–H and O–H groups in total. The molecule has 0 unspecified atom stereocenters. The fourth-order valence-corrected chi connectivity index (χ4v) is 3.48. The van der Waals surface area contributed by atoms with Gasteiger partial charge in [-0.05, 0) is 63.6 Å². The van der Waals surface area contributed by atoms with E-state index in [1.165, 1.54) is 5.69 Å². The highest BCUT2D eigenvalue weighted by Crippen LogP contribution is 2.21. The molecular weight excluding hydrogens is 350 g/mol. The number of hydrogen-bond donors (Lipinski definition) is 1. The fraction of sp³-hybridized carbons (Fsp3) is 0.304. The van der Waals surface area contributed by atoms with E-state index < -0.39 is 6.10 Å². The number of fused-ring (bicyclic) bond motifs is 1. The summed E-state index contributed by atoms with van der Waals surface area (Å²) in [5, 5.41) is 6.32. The molecule has 2 aromatic carbocycles. The van der Waals surface area contributed by atoms with Gasteiger partial charge in [-0.3, -0.25) is 4.79 Å². The Labute approximate surface area is 166 Å². The van der Waals surface area contributed by atoms with Gasteiger partial charge in [-0.1, -0.05) is 30.3 Å². The van der Waals surface area contributed by atoms with E-state index in [-0.39, 0.29) is 5.91 Å². The monoisotopic (exact) mass is 377 g/mol. The molecule has 1 heterocycles. The summed E-state index contributed by atoms with van der Waals surface area (Å²) < 4.78 is 8.02. The lowest BCUT2D eigenvalue weighted by molar-refractivity contribution is -0.127. The number of ether oxygens (including phenoxy) is 1. The third kappa shape index (κ3) is 4.25. The van der Waals surface area contributed by atoms with Crippen molar-refractivity contribution in [2.75, 3.05) is 0 Å². The summed E-state index contributed by atoms with van der Waals surface area (Å²) in [5.41, 5.74) is 5.87. The highest BCUT2D eigenvalue weighted by atomic mass is 16.5. The summed E-state index contributed by atoms with van der Waals surface area (Å²) in [6, 6.07) is 16.3. The van der Waals surface area contributed by atoms with E-state index in [0.717, 1.165) is 22.0 Å². The molecular formula is C23H27N3O2. The second-order valence-electron chi connectivity index (χ2n) is 7.29. The van der Waals surface area contributed by atoms with Crippen LogP contribution in [0.2, 0.25) is 0 Å². The van der Waals surface area contributed by atoms with Gasteiger partial charge in [0, 0.05) is 23.0 Å². The Hall–Kier alpha value is -3.08. The lowest BCUT2D eigenvalue weighted by Gasteiger charge is -2.14. The average Bonchev–Trinajstić information content (AvgIpc) is 2.95. The first-order chi connectivity index (χ1) is 13.4. The minimum atomic E-state index is -0.651. The number of rotatable bonds is 6. The van der Waals surface area contributed by atoms with Crippen LogP contribution in [0.15, 0.2) is 53.6 Å². The predicted molar refractivity (Wildman–Crippen MR) is 114 cm³/mol. The van der Waals surface area contributed by atoms with Crippen LogP contribution in [0, 0.1) is 13.8 Å². The van der Waals surface area contributed by atoms with Gasteiger partial charge >= 0.3 is 0 Å². The number of aromatic nitrogens is 1. The summed E-state index contributed by atoms with van der Waals surface area (Å²) in [4.78, 5) is 12.3. The maximum atomic E-state index is 12.3. The molecule has 3 aromatic rings. The van der Waals surface area contributed by atoms with E-state index in [0.29, 0.717) is 11.8 Å². The van der Waals surface area contributed by atoms with Crippen LogP contribution in [0.5, 0.6) is 5.75 Å². The van der Waals surface area contributed by atoms with Gasteiger partial charge in [-0.2, -0.15) is 5.10 Å². The number of benzene rings is 2. The molecule has 0 saturated heterocycles. The molecule has 0 fully saturated rings. The van der Waals surface area contributed by atoms with E-state index in [1.54, 1.807) is 13.1 Å². The molecule has 0 aliphatic heterocycles. The second kappa shape index (κ2) is 8.30. The van der Waals surface area contributed by atoms with Crippen LogP contribution in [-0.4, -0.2) is 22.8 Å². The maximum Gasteiger partial charge on any atom is 0.280 e. The van der Waals surface area contributed by atoms with Crippen LogP contribution in [-0.2, 0) is 4.79 Å². The highest BCUT2D eigenvalue weighted by molar-refractivity contribution is 5.86. The fourth-order valence-electron chi connectivity index (χ4n) is 3.48. The molecule has 1 atom stereocenters. The Kier molecular flexibility index (Phi) is 5.83. The molecule has 0 saturated carbocycles. The minimum Gasteiger partial charge on any atom is -0.481 e. The third-order valence-corrected chi connectivity index (χ3v) is 4.82. The van der Waals surface area contributed by atoms with Gasteiger partial charge in [0.15, 0.2) is 6.10 Å². The molecule has 0 spiro atoms. The standard InChI is InChI=1S/C23H27N3O2/c1-15(2)26-16(3)12-21(17(26)4)14-24-25-23(27)18(5)28-22-11-10-19-8-6-7-9-20(19)13-22/h6-15,18H,1-5H3,(H,25,27)/b24-14-/t18-/m0/s1. The number of carbonyl (C=O) groups is 1. The lowest BCUT2D eigenvalue weighted by Crippen LogP contribution is -2.33. The Morgan fingerprint density at radius 1 is 1.07 bits per heavy atom. The first-order valence-electron chi connectivity index (χ1n) is 9.53. The molecule has 0 radical (unpaired) electrons. The van der Waals surface area contributed by atoms with Crippen LogP contribution in [0.25, 0.3) is 10.8 Å². The maximum absolute atomic E-state index is 12.3. The topological polar surface area (TPSA) is 55.6 Å². The van der Waals surface area contributed by atoms with Crippen LogP contribution in [0.1, 0.15) is 43.8 Å². The normalized spacial score (nSPS) is 12.6. The van der Waals surface area contributed by atoms with Crippen LogP contribution in [0.4, 0.5) is 0 Å². The van der Waals surface area contributed by atoms with Crippen molar-refractivity contribution in [1.29, 1.82) is 0 Å². The van der Waals surface area contributed by atoms with Crippen molar-refractivity contribution in [3.05, 3.63) is 65.5 Å². The molecule has 28 heavy (non-hydrogen) atoms. The molecule has 146 valence electrons. The highest BCUT2D eigenvalue weighted by Gasteiger charge is 2.14. The number of carbonyl (C=O) groups excluding carboxylic acids is 1. The SMILES string of the molecule is Cc1cc(/C=N\NC(=O)[C@H](C)Oc2ccc3ccccc3c2)c(C)n1C(C)C. The molecule has 5 heteroatoms. The first-order valence-corrected chi connectivity index (χ1v) is 9.53. The van der Waals surface area contributed by atoms with E-state index in [1.807, 2.05) is 42.5 Å². The summed E-state index contributed by atoms with van der Waals surface area (Å²) in [5.74, 6) is 0.368. The molecule has 3 rings (SSSR count). The van der Waals surface area contributed by atoms with Crippen molar-refractivity contribution in [2.24, 2.45) is 5.10 Å². The Bertz CT molecular complexity index is 1020. The zero-order valence-corrected chi connectivity index (χ0v) is 17.1. The van der Waals surface area contributed by atoms with E-state index in [4.69, 9.17) is 4.74 Å². The van der Waals surface area contributed by atoms with Crippen molar-refractivity contribution in [2.45, 2.75) is 46.8 Å². The first kappa shape index (κ1) is 19.7. The molecule has 0 aliphatic rings. The lowest BCUT2D eigenvalue weighted by atomic mass is 10.1. The number of nitrogens with zero attached hydrogens (tertiary/aromatic N) is 2. The summed E-state index contributed by atoms with van der Waals surface area (Å²) >= 11 is 0. The van der Waals surface area contributed by atoms with Gasteiger partial charge in [0.1, 0.15) is 5.75 Å². The van der Waals surface area contributed by atoms with Crippen LogP contribution >= 0.6 is 0 Å². The molecule has 5 nitrogen and oxygen atoms in total. The molecule has 0 bridgehead atoms. The third-order valence-electron chi connectivity index (χ3n) is 4.82. The quantitative estimate of drug-likeness (QED) is 0.497. The minimum absolute atomic E-state index is 0.290. The smallest absolute Gasteiger partial charge is 0.280 e. The predicted octanol–water partition coefficient (Wildman–Crippen LogP) is 4.76. The number of amides is 1. The number of hydrazone groups is 1. The van der Waals surface area contributed by atoms with E-state index >= 15 is 0 Å². The van der Waals surface area contributed by atoms with Gasteiger partial charge < -0.3 is 9.30 Å².